The lowest BCUT2D eigenvalue weighted by molar-refractivity contribution is -0.150. The van der Waals surface area contributed by atoms with Crippen LogP contribution in [0.5, 0.6) is 0 Å². The second-order valence-corrected chi connectivity index (χ2v) is 3.33. The van der Waals surface area contributed by atoms with Crippen molar-refractivity contribution in [3.8, 4) is 0 Å². The minimum Gasteiger partial charge on any atom is -0.344 e. The summed E-state index contributed by atoms with van der Waals surface area (Å²) in [7, 11) is 0. The molecule has 1 aliphatic rings. The van der Waals surface area contributed by atoms with Gasteiger partial charge in [-0.2, -0.15) is 0 Å². The van der Waals surface area contributed by atoms with Gasteiger partial charge < -0.3 is 9.47 Å². The van der Waals surface area contributed by atoms with Crippen molar-refractivity contribution in [3.05, 3.63) is 29.6 Å². The highest BCUT2D eigenvalue weighted by Gasteiger charge is 2.34. The van der Waals surface area contributed by atoms with E-state index in [-0.39, 0.29) is 0 Å². The van der Waals surface area contributed by atoms with Gasteiger partial charge in [0.1, 0.15) is 0 Å². The molecule has 0 N–H and O–H groups in total. The number of nitrogens with zero attached hydrogens (tertiary/aromatic N) is 1. The molecular formula is C10H13NO2. The van der Waals surface area contributed by atoms with Crippen LogP contribution in [0.1, 0.15) is 18.1 Å². The predicted molar refractivity (Wildman–Crippen MR) is 48.2 cm³/mol. The fourth-order valence-corrected chi connectivity index (χ4v) is 1.61. The van der Waals surface area contributed by atoms with Gasteiger partial charge in [-0.1, -0.05) is 0 Å². The highest BCUT2D eigenvalue weighted by Crippen LogP contribution is 2.31. The van der Waals surface area contributed by atoms with E-state index in [1.807, 2.05) is 19.9 Å². The van der Waals surface area contributed by atoms with Crippen LogP contribution in [-0.2, 0) is 15.3 Å². The molecule has 0 aromatic carbocycles. The van der Waals surface area contributed by atoms with Crippen LogP contribution in [0.15, 0.2) is 18.5 Å². The Kier molecular flexibility index (Phi) is 2.06. The van der Waals surface area contributed by atoms with Gasteiger partial charge in [-0.05, 0) is 25.5 Å². The third-order valence-corrected chi connectivity index (χ3v) is 2.37. The maximum absolute atomic E-state index is 5.55. The summed E-state index contributed by atoms with van der Waals surface area (Å²) in [4.78, 5) is 4.08. The number of hydrogen-bond acceptors (Lipinski definition) is 3. The van der Waals surface area contributed by atoms with Crippen LogP contribution in [0, 0.1) is 6.92 Å². The lowest BCUT2D eigenvalue weighted by Gasteiger charge is -2.23. The first-order valence-electron chi connectivity index (χ1n) is 4.41. The van der Waals surface area contributed by atoms with Gasteiger partial charge >= 0.3 is 0 Å². The standard InChI is InChI=1S/C10H13NO2/c1-8-3-4-11-7-9(8)10(2)12-5-6-13-10/h3-4,7H,5-6H2,1-2H3. The van der Waals surface area contributed by atoms with E-state index in [4.69, 9.17) is 9.47 Å². The Labute approximate surface area is 77.7 Å². The smallest absolute Gasteiger partial charge is 0.193 e. The highest BCUT2D eigenvalue weighted by molar-refractivity contribution is 5.26. The van der Waals surface area contributed by atoms with Crippen molar-refractivity contribution < 1.29 is 9.47 Å². The minimum atomic E-state index is -0.585. The fraction of sp³-hybridized carbons (Fsp3) is 0.500. The van der Waals surface area contributed by atoms with E-state index in [2.05, 4.69) is 4.98 Å². The Morgan fingerprint density at radius 2 is 2.08 bits per heavy atom. The van der Waals surface area contributed by atoms with E-state index in [1.165, 1.54) is 0 Å². The number of pyridine rings is 1. The van der Waals surface area contributed by atoms with Gasteiger partial charge in [0, 0.05) is 18.0 Å². The molecule has 0 bridgehead atoms. The summed E-state index contributed by atoms with van der Waals surface area (Å²) >= 11 is 0. The quantitative estimate of drug-likeness (QED) is 0.656. The molecule has 1 aromatic rings. The van der Waals surface area contributed by atoms with Gasteiger partial charge in [0.25, 0.3) is 0 Å². The maximum Gasteiger partial charge on any atom is 0.193 e. The third kappa shape index (κ3) is 1.45. The van der Waals surface area contributed by atoms with Gasteiger partial charge in [-0.3, -0.25) is 4.98 Å². The van der Waals surface area contributed by atoms with Gasteiger partial charge in [-0.25, -0.2) is 0 Å². The molecule has 0 saturated carbocycles. The Morgan fingerprint density at radius 3 is 2.69 bits per heavy atom. The normalized spacial score (nSPS) is 20.5. The topological polar surface area (TPSA) is 31.4 Å². The lowest BCUT2D eigenvalue weighted by atomic mass is 10.0. The van der Waals surface area contributed by atoms with Crippen LogP contribution in [0.4, 0.5) is 0 Å². The van der Waals surface area contributed by atoms with Gasteiger partial charge in [-0.15, -0.1) is 0 Å². The molecule has 70 valence electrons. The van der Waals surface area contributed by atoms with Crippen molar-refractivity contribution in [3.63, 3.8) is 0 Å². The first-order chi connectivity index (χ1) is 6.22. The number of aryl methyl sites for hydroxylation is 1. The molecule has 0 radical (unpaired) electrons. The zero-order chi connectivity index (χ0) is 9.31. The van der Waals surface area contributed by atoms with E-state index >= 15 is 0 Å². The van der Waals surface area contributed by atoms with E-state index in [1.54, 1.807) is 12.4 Å². The monoisotopic (exact) mass is 179 g/mol. The van der Waals surface area contributed by atoms with Crippen LogP contribution in [0.2, 0.25) is 0 Å². The molecule has 0 atom stereocenters. The van der Waals surface area contributed by atoms with Crippen molar-refractivity contribution in [2.24, 2.45) is 0 Å². The molecule has 3 nitrogen and oxygen atoms in total. The second kappa shape index (κ2) is 3.09. The highest BCUT2D eigenvalue weighted by atomic mass is 16.7. The molecule has 3 heteroatoms. The van der Waals surface area contributed by atoms with Gasteiger partial charge in [0.2, 0.25) is 0 Å². The molecule has 1 fully saturated rings. The molecule has 2 rings (SSSR count). The Hall–Kier alpha value is -0.930. The largest absolute Gasteiger partial charge is 0.344 e. The van der Waals surface area contributed by atoms with Crippen molar-refractivity contribution in [2.45, 2.75) is 19.6 Å². The van der Waals surface area contributed by atoms with Crippen molar-refractivity contribution >= 4 is 0 Å². The molecule has 0 aliphatic carbocycles. The molecule has 1 aliphatic heterocycles. The summed E-state index contributed by atoms with van der Waals surface area (Å²) < 4.78 is 11.1. The maximum atomic E-state index is 5.55. The molecule has 0 amide bonds. The van der Waals surface area contributed by atoms with Crippen molar-refractivity contribution in [1.82, 2.24) is 4.98 Å². The van der Waals surface area contributed by atoms with E-state index < -0.39 is 5.79 Å². The molecule has 0 unspecified atom stereocenters. The summed E-state index contributed by atoms with van der Waals surface area (Å²) in [6.07, 6.45) is 3.58. The van der Waals surface area contributed by atoms with E-state index in [0.717, 1.165) is 11.1 Å². The first-order valence-corrected chi connectivity index (χ1v) is 4.41. The average molecular weight is 179 g/mol. The fourth-order valence-electron chi connectivity index (χ4n) is 1.61. The zero-order valence-electron chi connectivity index (χ0n) is 7.91. The SMILES string of the molecule is Cc1ccncc1C1(C)OCCO1. The molecule has 0 spiro atoms. The molecule has 1 aromatic heterocycles. The Bertz CT molecular complexity index is 306. The summed E-state index contributed by atoms with van der Waals surface area (Å²) in [6, 6.07) is 1.96. The second-order valence-electron chi connectivity index (χ2n) is 3.33. The Morgan fingerprint density at radius 1 is 1.38 bits per heavy atom. The molecule has 2 heterocycles. The van der Waals surface area contributed by atoms with Crippen LogP contribution in [0.25, 0.3) is 0 Å². The van der Waals surface area contributed by atoms with Gasteiger partial charge in [0.05, 0.1) is 13.2 Å². The van der Waals surface area contributed by atoms with Crippen LogP contribution in [-0.4, -0.2) is 18.2 Å². The number of rotatable bonds is 1. The van der Waals surface area contributed by atoms with Crippen molar-refractivity contribution in [2.75, 3.05) is 13.2 Å². The molecule has 13 heavy (non-hydrogen) atoms. The van der Waals surface area contributed by atoms with Crippen molar-refractivity contribution in [1.29, 1.82) is 0 Å². The number of hydrogen-bond donors (Lipinski definition) is 0. The van der Waals surface area contributed by atoms with Crippen LogP contribution < -0.4 is 0 Å². The minimum absolute atomic E-state index is 0.585. The summed E-state index contributed by atoms with van der Waals surface area (Å²) in [5.41, 5.74) is 2.17. The zero-order valence-corrected chi connectivity index (χ0v) is 7.91. The number of aromatic nitrogens is 1. The van der Waals surface area contributed by atoms with Gasteiger partial charge in [0.15, 0.2) is 5.79 Å². The number of ether oxygens (including phenoxy) is 2. The van der Waals surface area contributed by atoms with Crippen LogP contribution in [0.3, 0.4) is 0 Å². The summed E-state index contributed by atoms with van der Waals surface area (Å²) in [5.74, 6) is -0.585. The molecular weight excluding hydrogens is 166 g/mol. The first kappa shape index (κ1) is 8.66. The summed E-state index contributed by atoms with van der Waals surface area (Å²) in [6.45, 7) is 5.28. The average Bonchev–Trinajstić information content (AvgIpc) is 2.54. The summed E-state index contributed by atoms with van der Waals surface area (Å²) in [5, 5.41) is 0. The van der Waals surface area contributed by atoms with Crippen LogP contribution >= 0.6 is 0 Å². The van der Waals surface area contributed by atoms with E-state index in [0.29, 0.717) is 13.2 Å². The molecule has 1 saturated heterocycles. The lowest BCUT2D eigenvalue weighted by Crippen LogP contribution is -2.23. The van der Waals surface area contributed by atoms with E-state index in [9.17, 15) is 0 Å². The Balaban J connectivity index is 2.39. The predicted octanol–water partition coefficient (Wildman–Crippen LogP) is 1.61. The third-order valence-electron chi connectivity index (χ3n) is 2.37.